The zero-order valence-corrected chi connectivity index (χ0v) is 18.9. The second kappa shape index (κ2) is 9.43. The lowest BCUT2D eigenvalue weighted by atomic mass is 10.0. The van der Waals surface area contributed by atoms with Gasteiger partial charge in [0.05, 0.1) is 0 Å². The molecule has 2 aliphatic heterocycles. The predicted octanol–water partition coefficient (Wildman–Crippen LogP) is 3.59. The van der Waals surface area contributed by atoms with Crippen LogP contribution in [0.5, 0.6) is 0 Å². The highest BCUT2D eigenvalue weighted by atomic mass is 15.2. The highest BCUT2D eigenvalue weighted by Gasteiger charge is 2.25. The van der Waals surface area contributed by atoms with Gasteiger partial charge in [0.15, 0.2) is 17.3 Å². The van der Waals surface area contributed by atoms with E-state index < -0.39 is 0 Å². The number of fused-ring (bicyclic) bond motifs is 1. The zero-order valence-electron chi connectivity index (χ0n) is 18.9. The molecule has 2 fully saturated rings. The molecule has 0 saturated carbocycles. The topological polar surface area (TPSA) is 69.2 Å². The first-order valence-corrected chi connectivity index (χ1v) is 11.6. The maximum Gasteiger partial charge on any atom is 0.180 e. The molecule has 0 aliphatic carbocycles. The minimum atomic E-state index is 0.429. The molecule has 7 nitrogen and oxygen atoms in total. The Morgan fingerprint density at radius 3 is 1.80 bits per heavy atom. The van der Waals surface area contributed by atoms with Gasteiger partial charge in [0.2, 0.25) is 0 Å². The third kappa shape index (κ3) is 5.01. The van der Waals surface area contributed by atoms with Crippen molar-refractivity contribution in [3.63, 3.8) is 0 Å². The van der Waals surface area contributed by atoms with E-state index in [2.05, 4.69) is 53.1 Å². The summed E-state index contributed by atoms with van der Waals surface area (Å²) in [5, 5.41) is 7.42. The molecule has 0 spiro atoms. The van der Waals surface area contributed by atoms with Gasteiger partial charge in [0.1, 0.15) is 5.52 Å². The summed E-state index contributed by atoms with van der Waals surface area (Å²) in [5.74, 6) is 1.74. The lowest BCUT2D eigenvalue weighted by Crippen LogP contribution is -2.43. The van der Waals surface area contributed by atoms with E-state index in [1.807, 2.05) is 12.1 Å². The van der Waals surface area contributed by atoms with Crippen LogP contribution in [0.4, 0.5) is 11.6 Å². The maximum atomic E-state index is 4.91. The summed E-state index contributed by atoms with van der Waals surface area (Å²) < 4.78 is 0. The lowest BCUT2D eigenvalue weighted by Gasteiger charge is -2.36. The SMILES string of the molecule is CC(C)N1CCC(Nc2nc3cccnc3nc2NC2CCN(C(C)C)CC2)CC1. The molecule has 2 aromatic heterocycles. The van der Waals surface area contributed by atoms with Gasteiger partial charge in [0.25, 0.3) is 0 Å². The van der Waals surface area contributed by atoms with Crippen LogP contribution in [0.15, 0.2) is 18.3 Å². The van der Waals surface area contributed by atoms with Crippen LogP contribution in [0.3, 0.4) is 0 Å². The number of rotatable bonds is 6. The third-order valence-electron chi connectivity index (χ3n) is 6.64. The summed E-state index contributed by atoms with van der Waals surface area (Å²) in [6.45, 7) is 13.6. The summed E-state index contributed by atoms with van der Waals surface area (Å²) in [7, 11) is 0. The second-order valence-corrected chi connectivity index (χ2v) is 9.36. The van der Waals surface area contributed by atoms with Crippen LogP contribution in [0.25, 0.3) is 11.2 Å². The molecule has 0 bridgehead atoms. The Labute approximate surface area is 180 Å². The van der Waals surface area contributed by atoms with Gasteiger partial charge in [-0.2, -0.15) is 0 Å². The van der Waals surface area contributed by atoms with Crippen LogP contribution < -0.4 is 10.6 Å². The fourth-order valence-corrected chi connectivity index (χ4v) is 4.60. The minimum absolute atomic E-state index is 0.429. The van der Waals surface area contributed by atoms with Gasteiger partial charge in [0, 0.05) is 56.5 Å². The fraction of sp³-hybridized carbons (Fsp3) is 0.696. The number of hydrogen-bond acceptors (Lipinski definition) is 7. The van der Waals surface area contributed by atoms with Gasteiger partial charge in [-0.05, 0) is 65.5 Å². The van der Waals surface area contributed by atoms with Crippen LogP contribution in [-0.2, 0) is 0 Å². The molecule has 2 aromatic rings. The van der Waals surface area contributed by atoms with E-state index in [4.69, 9.17) is 9.97 Å². The molecule has 2 aliphatic rings. The van der Waals surface area contributed by atoms with Crippen molar-refractivity contribution in [2.45, 2.75) is 77.5 Å². The number of aromatic nitrogens is 3. The van der Waals surface area contributed by atoms with Crippen molar-refractivity contribution < 1.29 is 0 Å². The summed E-state index contributed by atoms with van der Waals surface area (Å²) >= 11 is 0. The summed E-state index contributed by atoms with van der Waals surface area (Å²) in [5.41, 5.74) is 1.56. The van der Waals surface area contributed by atoms with Gasteiger partial charge in [-0.25, -0.2) is 15.0 Å². The number of nitrogens with one attached hydrogen (secondary N) is 2. The summed E-state index contributed by atoms with van der Waals surface area (Å²) in [6.07, 6.45) is 6.32. The molecule has 2 saturated heterocycles. The molecular weight excluding hydrogens is 374 g/mol. The fourth-order valence-electron chi connectivity index (χ4n) is 4.60. The monoisotopic (exact) mass is 411 g/mol. The van der Waals surface area contributed by atoms with Crippen LogP contribution in [-0.4, -0.2) is 75.1 Å². The van der Waals surface area contributed by atoms with E-state index in [1.54, 1.807) is 6.20 Å². The smallest absolute Gasteiger partial charge is 0.180 e. The highest BCUT2D eigenvalue weighted by Crippen LogP contribution is 2.26. The van der Waals surface area contributed by atoms with E-state index in [0.29, 0.717) is 29.8 Å². The van der Waals surface area contributed by atoms with Gasteiger partial charge < -0.3 is 20.4 Å². The van der Waals surface area contributed by atoms with Gasteiger partial charge in [-0.1, -0.05) is 0 Å². The normalized spacial score (nSPS) is 20.3. The van der Waals surface area contributed by atoms with Gasteiger partial charge in [-0.3, -0.25) is 0 Å². The lowest BCUT2D eigenvalue weighted by molar-refractivity contribution is 0.176. The number of pyridine rings is 1. The van der Waals surface area contributed by atoms with E-state index in [9.17, 15) is 0 Å². The number of hydrogen-bond donors (Lipinski definition) is 2. The molecule has 7 heteroatoms. The molecule has 4 rings (SSSR count). The van der Waals surface area contributed by atoms with Crippen molar-refractivity contribution >= 4 is 22.8 Å². The molecule has 0 amide bonds. The molecule has 164 valence electrons. The number of likely N-dealkylation sites (tertiary alicyclic amines) is 2. The Morgan fingerprint density at radius 2 is 1.30 bits per heavy atom. The molecule has 0 radical (unpaired) electrons. The summed E-state index contributed by atoms with van der Waals surface area (Å²) in [6, 6.07) is 6.02. The van der Waals surface area contributed by atoms with Crippen LogP contribution in [0, 0.1) is 0 Å². The van der Waals surface area contributed by atoms with Gasteiger partial charge >= 0.3 is 0 Å². The first-order chi connectivity index (χ1) is 14.5. The molecule has 0 unspecified atom stereocenters. The standard InChI is InChI=1S/C23H37N7/c1-16(2)29-12-7-18(8-13-29)25-22-23(28-21-20(27-22)6-5-11-24-21)26-19-9-14-30(15-10-19)17(3)4/h5-6,11,16-19H,7-10,12-15H2,1-4H3,(H,25,27)(H,24,26,28). The van der Waals surface area contributed by atoms with Crippen molar-refractivity contribution in [2.24, 2.45) is 0 Å². The average Bonchev–Trinajstić information content (AvgIpc) is 2.75. The number of piperidine rings is 2. The number of anilines is 2. The van der Waals surface area contributed by atoms with Crippen LogP contribution in [0.1, 0.15) is 53.4 Å². The average molecular weight is 412 g/mol. The van der Waals surface area contributed by atoms with E-state index in [0.717, 1.165) is 69.0 Å². The van der Waals surface area contributed by atoms with E-state index >= 15 is 0 Å². The zero-order chi connectivity index (χ0) is 21.1. The Bertz CT molecular complexity index is 753. The second-order valence-electron chi connectivity index (χ2n) is 9.36. The maximum absolute atomic E-state index is 4.91. The Balaban J connectivity index is 1.49. The van der Waals surface area contributed by atoms with E-state index in [1.165, 1.54) is 0 Å². The summed E-state index contributed by atoms with van der Waals surface area (Å²) in [4.78, 5) is 19.3. The first-order valence-electron chi connectivity index (χ1n) is 11.6. The van der Waals surface area contributed by atoms with E-state index in [-0.39, 0.29) is 0 Å². The molecule has 30 heavy (non-hydrogen) atoms. The van der Waals surface area contributed by atoms with Crippen molar-refractivity contribution in [3.05, 3.63) is 18.3 Å². The van der Waals surface area contributed by atoms with Crippen LogP contribution in [0.2, 0.25) is 0 Å². The van der Waals surface area contributed by atoms with Crippen molar-refractivity contribution in [1.29, 1.82) is 0 Å². The minimum Gasteiger partial charge on any atom is -0.364 e. The van der Waals surface area contributed by atoms with Crippen molar-refractivity contribution in [1.82, 2.24) is 24.8 Å². The Hall–Kier alpha value is -1.99. The molecular formula is C23H37N7. The van der Waals surface area contributed by atoms with Crippen molar-refractivity contribution in [3.8, 4) is 0 Å². The highest BCUT2D eigenvalue weighted by molar-refractivity contribution is 5.77. The molecule has 0 atom stereocenters. The van der Waals surface area contributed by atoms with Gasteiger partial charge in [-0.15, -0.1) is 0 Å². The quantitative estimate of drug-likeness (QED) is 0.753. The van der Waals surface area contributed by atoms with Crippen LogP contribution >= 0.6 is 0 Å². The number of nitrogens with zero attached hydrogens (tertiary/aromatic N) is 5. The largest absolute Gasteiger partial charge is 0.364 e. The Kier molecular flexibility index (Phi) is 6.68. The first kappa shape index (κ1) is 21.2. The Morgan fingerprint density at radius 1 is 0.800 bits per heavy atom. The molecule has 2 N–H and O–H groups in total. The molecule has 0 aromatic carbocycles. The molecule has 4 heterocycles. The predicted molar refractivity (Wildman–Crippen MR) is 124 cm³/mol. The van der Waals surface area contributed by atoms with Crippen molar-refractivity contribution in [2.75, 3.05) is 36.8 Å². The third-order valence-corrected chi connectivity index (χ3v) is 6.64.